The van der Waals surface area contributed by atoms with E-state index in [4.69, 9.17) is 0 Å². The molecule has 0 bridgehead atoms. The second kappa shape index (κ2) is 5.89. The molecule has 15 heavy (non-hydrogen) atoms. The Bertz CT molecular complexity index is 271. The number of benzene rings is 1. The Hall–Kier alpha value is -0.860. The summed E-state index contributed by atoms with van der Waals surface area (Å²) in [4.78, 5) is 0. The van der Waals surface area contributed by atoms with Gasteiger partial charge in [0, 0.05) is 5.92 Å². The van der Waals surface area contributed by atoms with Crippen LogP contribution in [-0.4, -0.2) is 16.3 Å². The largest absolute Gasteiger partial charge is 0.393 e. The number of rotatable bonds is 5. The lowest BCUT2D eigenvalue weighted by atomic mass is 9.90. The maximum atomic E-state index is 10.0. The fourth-order valence-corrected chi connectivity index (χ4v) is 1.72. The molecule has 0 saturated heterocycles. The van der Waals surface area contributed by atoms with Crippen LogP contribution in [0.15, 0.2) is 30.3 Å². The van der Waals surface area contributed by atoms with Gasteiger partial charge in [-0.1, -0.05) is 50.6 Å². The molecule has 2 N–H and O–H groups in total. The lowest BCUT2D eigenvalue weighted by Crippen LogP contribution is -2.23. The van der Waals surface area contributed by atoms with E-state index < -0.39 is 12.2 Å². The van der Waals surface area contributed by atoms with Crippen LogP contribution in [0, 0.1) is 5.92 Å². The van der Waals surface area contributed by atoms with Crippen LogP contribution in [0.2, 0.25) is 0 Å². The van der Waals surface area contributed by atoms with Gasteiger partial charge in [-0.2, -0.15) is 0 Å². The molecule has 0 aliphatic carbocycles. The third-order valence-corrected chi connectivity index (χ3v) is 2.83. The van der Waals surface area contributed by atoms with Crippen molar-refractivity contribution in [2.75, 3.05) is 0 Å². The molecule has 0 unspecified atom stereocenters. The van der Waals surface area contributed by atoms with Crippen LogP contribution < -0.4 is 0 Å². The zero-order valence-electron chi connectivity index (χ0n) is 9.43. The van der Waals surface area contributed by atoms with E-state index in [1.165, 1.54) is 0 Å². The highest BCUT2D eigenvalue weighted by Gasteiger charge is 2.22. The van der Waals surface area contributed by atoms with Crippen molar-refractivity contribution in [3.8, 4) is 0 Å². The summed E-state index contributed by atoms with van der Waals surface area (Å²) in [6.07, 6.45) is 0.677. The summed E-state index contributed by atoms with van der Waals surface area (Å²) in [5.41, 5.74) is 0.875. The molecule has 0 aliphatic heterocycles. The van der Waals surface area contributed by atoms with E-state index in [0.717, 1.165) is 18.4 Å². The van der Waals surface area contributed by atoms with Crippen LogP contribution in [0.4, 0.5) is 0 Å². The summed E-state index contributed by atoms with van der Waals surface area (Å²) < 4.78 is 0. The van der Waals surface area contributed by atoms with Crippen LogP contribution in [0.1, 0.15) is 38.4 Å². The summed E-state index contributed by atoms with van der Waals surface area (Å²) in [6, 6.07) is 9.50. The monoisotopic (exact) mass is 208 g/mol. The minimum Gasteiger partial charge on any atom is -0.393 e. The molecule has 0 spiro atoms. The van der Waals surface area contributed by atoms with Gasteiger partial charge in [-0.15, -0.1) is 0 Å². The van der Waals surface area contributed by atoms with E-state index in [1.54, 1.807) is 0 Å². The average Bonchev–Trinajstić information content (AvgIpc) is 2.28. The van der Waals surface area contributed by atoms with Crippen LogP contribution in [0.5, 0.6) is 0 Å². The lowest BCUT2D eigenvalue weighted by Gasteiger charge is -2.24. The second-order valence-electron chi connectivity index (χ2n) is 4.07. The van der Waals surface area contributed by atoms with Gasteiger partial charge in [0.15, 0.2) is 0 Å². The molecule has 0 aromatic heterocycles. The highest BCUT2D eigenvalue weighted by atomic mass is 16.3. The van der Waals surface area contributed by atoms with Gasteiger partial charge in [0.25, 0.3) is 0 Å². The van der Waals surface area contributed by atoms with Crippen LogP contribution in [0.25, 0.3) is 0 Å². The molecule has 0 heterocycles. The predicted molar refractivity (Wildman–Crippen MR) is 61.5 cm³/mol. The molecule has 2 heteroatoms. The molecule has 0 saturated carbocycles. The molecule has 1 aromatic rings. The summed E-state index contributed by atoms with van der Waals surface area (Å²) >= 11 is 0. The summed E-state index contributed by atoms with van der Waals surface area (Å²) in [5, 5.41) is 19.8. The standard InChI is InChI=1S/C13H20O2/c1-3-7-12(14)10(2)13(15)11-8-5-4-6-9-11/h4-6,8-10,12-15H,3,7H2,1-2H3/t10-,12-,13+/m0/s1. The lowest BCUT2D eigenvalue weighted by molar-refractivity contribution is 0.0164. The van der Waals surface area contributed by atoms with Crippen molar-refractivity contribution in [2.45, 2.75) is 38.9 Å². The molecule has 1 aromatic carbocycles. The van der Waals surface area contributed by atoms with Gasteiger partial charge < -0.3 is 10.2 Å². The molecule has 84 valence electrons. The fourth-order valence-electron chi connectivity index (χ4n) is 1.72. The third-order valence-electron chi connectivity index (χ3n) is 2.83. The first-order valence-electron chi connectivity index (χ1n) is 5.58. The van der Waals surface area contributed by atoms with Crippen LogP contribution >= 0.6 is 0 Å². The summed E-state index contributed by atoms with van der Waals surface area (Å²) in [7, 11) is 0. The third kappa shape index (κ3) is 3.33. The Kier molecular flexibility index (Phi) is 4.79. The SMILES string of the molecule is CCC[C@H](O)[C@H](C)[C@@H](O)c1ccccc1. The molecule has 0 aliphatic rings. The van der Waals surface area contributed by atoms with Crippen molar-refractivity contribution in [1.82, 2.24) is 0 Å². The van der Waals surface area contributed by atoms with E-state index in [1.807, 2.05) is 44.2 Å². The molecule has 0 amide bonds. The highest BCUT2D eigenvalue weighted by Crippen LogP contribution is 2.25. The van der Waals surface area contributed by atoms with E-state index in [9.17, 15) is 10.2 Å². The molecule has 0 radical (unpaired) electrons. The highest BCUT2D eigenvalue weighted by molar-refractivity contribution is 5.18. The summed E-state index contributed by atoms with van der Waals surface area (Å²) in [5.74, 6) is -0.118. The average molecular weight is 208 g/mol. The van der Waals surface area contributed by atoms with Crippen molar-refractivity contribution in [3.63, 3.8) is 0 Å². The fraction of sp³-hybridized carbons (Fsp3) is 0.538. The van der Waals surface area contributed by atoms with E-state index in [0.29, 0.717) is 0 Å². The molecular formula is C13H20O2. The first kappa shape index (κ1) is 12.2. The first-order chi connectivity index (χ1) is 7.16. The minimum absolute atomic E-state index is 0.118. The smallest absolute Gasteiger partial charge is 0.0840 e. The normalized spacial score (nSPS) is 17.1. The Morgan fingerprint density at radius 1 is 1.13 bits per heavy atom. The van der Waals surface area contributed by atoms with Gasteiger partial charge in [0.1, 0.15) is 0 Å². The Morgan fingerprint density at radius 3 is 2.27 bits per heavy atom. The molecule has 3 atom stereocenters. The quantitative estimate of drug-likeness (QED) is 0.780. The Balaban J connectivity index is 2.64. The van der Waals surface area contributed by atoms with E-state index in [2.05, 4.69) is 0 Å². The molecule has 2 nitrogen and oxygen atoms in total. The van der Waals surface area contributed by atoms with Crippen LogP contribution in [-0.2, 0) is 0 Å². The van der Waals surface area contributed by atoms with Gasteiger partial charge >= 0.3 is 0 Å². The van der Waals surface area contributed by atoms with Crippen LogP contribution in [0.3, 0.4) is 0 Å². The molecule has 0 fully saturated rings. The maximum absolute atomic E-state index is 10.0. The topological polar surface area (TPSA) is 40.5 Å². The van der Waals surface area contributed by atoms with Gasteiger partial charge in [0.2, 0.25) is 0 Å². The summed E-state index contributed by atoms with van der Waals surface area (Å²) in [6.45, 7) is 3.92. The van der Waals surface area contributed by atoms with E-state index in [-0.39, 0.29) is 5.92 Å². The number of aliphatic hydroxyl groups excluding tert-OH is 2. The maximum Gasteiger partial charge on any atom is 0.0840 e. The van der Waals surface area contributed by atoms with Crippen molar-refractivity contribution in [3.05, 3.63) is 35.9 Å². The van der Waals surface area contributed by atoms with Crippen molar-refractivity contribution >= 4 is 0 Å². The van der Waals surface area contributed by atoms with E-state index >= 15 is 0 Å². The zero-order chi connectivity index (χ0) is 11.3. The predicted octanol–water partition coefficient (Wildman–Crippen LogP) is 2.52. The van der Waals surface area contributed by atoms with Gasteiger partial charge in [-0.25, -0.2) is 0 Å². The number of hydrogen-bond acceptors (Lipinski definition) is 2. The molecular weight excluding hydrogens is 188 g/mol. The van der Waals surface area contributed by atoms with Crippen molar-refractivity contribution < 1.29 is 10.2 Å². The van der Waals surface area contributed by atoms with Crippen molar-refractivity contribution in [2.24, 2.45) is 5.92 Å². The Labute approximate surface area is 91.6 Å². The zero-order valence-corrected chi connectivity index (χ0v) is 9.43. The number of aliphatic hydroxyl groups is 2. The van der Waals surface area contributed by atoms with Gasteiger partial charge in [-0.05, 0) is 12.0 Å². The number of hydrogen-bond donors (Lipinski definition) is 2. The van der Waals surface area contributed by atoms with Crippen molar-refractivity contribution in [1.29, 1.82) is 0 Å². The van der Waals surface area contributed by atoms with Gasteiger partial charge in [0.05, 0.1) is 12.2 Å². The second-order valence-corrected chi connectivity index (χ2v) is 4.07. The first-order valence-corrected chi connectivity index (χ1v) is 5.58. The van der Waals surface area contributed by atoms with Gasteiger partial charge in [-0.3, -0.25) is 0 Å². The Morgan fingerprint density at radius 2 is 1.73 bits per heavy atom. The molecule has 1 rings (SSSR count). The minimum atomic E-state index is -0.576.